The van der Waals surface area contributed by atoms with E-state index in [1.807, 2.05) is 0 Å². The number of rotatable bonds is 17. The smallest absolute Gasteiger partial charge is 0.0237 e. The molecule has 0 aromatic heterocycles. The third-order valence-electron chi connectivity index (χ3n) is 5.73. The lowest BCUT2D eigenvalue weighted by atomic mass is 10.1. The van der Waals surface area contributed by atoms with Gasteiger partial charge in [0, 0.05) is 13.1 Å². The van der Waals surface area contributed by atoms with Crippen molar-refractivity contribution in [2.45, 2.75) is 90.6 Å². The van der Waals surface area contributed by atoms with E-state index in [0.717, 1.165) is 13.1 Å². The summed E-state index contributed by atoms with van der Waals surface area (Å²) in [4.78, 5) is 2.60. The molecule has 0 aliphatic heterocycles. The molecule has 0 bridgehead atoms. The molecule has 0 saturated heterocycles. The molecule has 0 amide bonds. The topological polar surface area (TPSA) is 3.24 Å². The van der Waals surface area contributed by atoms with Crippen molar-refractivity contribution in [2.75, 3.05) is 6.54 Å². The number of hydrogen-bond donors (Lipinski definition) is 0. The van der Waals surface area contributed by atoms with Crippen LogP contribution in [0.3, 0.4) is 0 Å². The average molecular weight is 406 g/mol. The molecule has 2 aromatic carbocycles. The number of allylic oxidation sites excluding steroid dienone is 2. The van der Waals surface area contributed by atoms with Crippen molar-refractivity contribution in [1.29, 1.82) is 0 Å². The molecule has 0 atom stereocenters. The molecule has 0 unspecified atom stereocenters. The standard InChI is InChI=1S/C29H43N/c1-2-3-4-5-6-7-8-9-10-11-12-13-20-25-30(26-28-21-16-14-17-22-28)27-29-23-18-15-19-24-29/h8-9,14-19,21-24H,2-7,10-13,20,25-27H2,1H3/b9-8+. The number of unbranched alkanes of at least 4 members (excludes halogenated alkanes) is 9. The Kier molecular flexibility index (Phi) is 13.7. The van der Waals surface area contributed by atoms with Crippen molar-refractivity contribution in [1.82, 2.24) is 4.90 Å². The lowest BCUT2D eigenvalue weighted by molar-refractivity contribution is 0.250. The summed E-state index contributed by atoms with van der Waals surface area (Å²) in [6.45, 7) is 5.54. The van der Waals surface area contributed by atoms with Crippen molar-refractivity contribution < 1.29 is 0 Å². The summed E-state index contributed by atoms with van der Waals surface area (Å²) in [6.07, 6.45) is 19.6. The van der Waals surface area contributed by atoms with Gasteiger partial charge in [-0.3, -0.25) is 4.90 Å². The van der Waals surface area contributed by atoms with Crippen LogP contribution < -0.4 is 0 Å². The van der Waals surface area contributed by atoms with Gasteiger partial charge < -0.3 is 0 Å². The van der Waals surface area contributed by atoms with Gasteiger partial charge >= 0.3 is 0 Å². The molecule has 0 heterocycles. The lowest BCUT2D eigenvalue weighted by Gasteiger charge is -2.22. The van der Waals surface area contributed by atoms with E-state index in [1.165, 1.54) is 88.3 Å². The molecule has 2 aromatic rings. The molecule has 0 spiro atoms. The van der Waals surface area contributed by atoms with E-state index >= 15 is 0 Å². The molecule has 1 nitrogen and oxygen atoms in total. The summed E-state index contributed by atoms with van der Waals surface area (Å²) in [5.41, 5.74) is 2.82. The summed E-state index contributed by atoms with van der Waals surface area (Å²) in [5.74, 6) is 0. The van der Waals surface area contributed by atoms with Gasteiger partial charge in [-0.1, -0.05) is 118 Å². The highest BCUT2D eigenvalue weighted by molar-refractivity contribution is 5.17. The van der Waals surface area contributed by atoms with E-state index in [9.17, 15) is 0 Å². The zero-order chi connectivity index (χ0) is 21.1. The van der Waals surface area contributed by atoms with E-state index < -0.39 is 0 Å². The highest BCUT2D eigenvalue weighted by atomic mass is 15.1. The summed E-state index contributed by atoms with van der Waals surface area (Å²) in [7, 11) is 0. The molecule has 0 aliphatic rings. The normalized spacial score (nSPS) is 11.5. The second-order valence-corrected chi connectivity index (χ2v) is 8.56. The maximum Gasteiger partial charge on any atom is 0.0237 e. The first-order chi connectivity index (χ1) is 14.9. The minimum absolute atomic E-state index is 1.04. The first-order valence-corrected chi connectivity index (χ1v) is 12.3. The summed E-state index contributed by atoms with van der Waals surface area (Å²) >= 11 is 0. The average Bonchev–Trinajstić information content (AvgIpc) is 2.78. The molecule has 164 valence electrons. The predicted octanol–water partition coefficient (Wildman–Crippen LogP) is 8.56. The molecular formula is C29H43N. The van der Waals surface area contributed by atoms with Crippen LogP contribution >= 0.6 is 0 Å². The summed E-state index contributed by atoms with van der Waals surface area (Å²) < 4.78 is 0. The molecule has 0 saturated carbocycles. The van der Waals surface area contributed by atoms with Crippen LogP contribution in [0.15, 0.2) is 72.8 Å². The molecule has 2 rings (SSSR count). The Morgan fingerprint density at radius 3 is 1.53 bits per heavy atom. The molecule has 30 heavy (non-hydrogen) atoms. The minimum Gasteiger partial charge on any atom is -0.295 e. The first kappa shape index (κ1) is 24.4. The van der Waals surface area contributed by atoms with Gasteiger partial charge in [0.05, 0.1) is 0 Å². The Bertz CT molecular complexity index is 605. The maximum atomic E-state index is 2.60. The Balaban J connectivity index is 1.59. The fraction of sp³-hybridized carbons (Fsp3) is 0.517. The van der Waals surface area contributed by atoms with Crippen molar-refractivity contribution in [3.8, 4) is 0 Å². The van der Waals surface area contributed by atoms with E-state index in [2.05, 4.69) is 84.6 Å². The van der Waals surface area contributed by atoms with Gasteiger partial charge in [0.25, 0.3) is 0 Å². The quantitative estimate of drug-likeness (QED) is 0.188. The van der Waals surface area contributed by atoms with Crippen LogP contribution in [0.2, 0.25) is 0 Å². The van der Waals surface area contributed by atoms with Crippen LogP contribution in [0.1, 0.15) is 88.7 Å². The highest BCUT2D eigenvalue weighted by Gasteiger charge is 2.07. The van der Waals surface area contributed by atoms with Crippen molar-refractivity contribution in [3.63, 3.8) is 0 Å². The Hall–Kier alpha value is -1.86. The van der Waals surface area contributed by atoms with Gasteiger partial charge in [0.1, 0.15) is 0 Å². The molecule has 0 N–H and O–H groups in total. The molecule has 0 aliphatic carbocycles. The van der Waals surface area contributed by atoms with Crippen LogP contribution in [0.4, 0.5) is 0 Å². The number of nitrogens with zero attached hydrogens (tertiary/aromatic N) is 1. The van der Waals surface area contributed by atoms with E-state index in [1.54, 1.807) is 0 Å². The Morgan fingerprint density at radius 2 is 1.03 bits per heavy atom. The third-order valence-corrected chi connectivity index (χ3v) is 5.73. The highest BCUT2D eigenvalue weighted by Crippen LogP contribution is 2.13. The van der Waals surface area contributed by atoms with Crippen LogP contribution in [-0.4, -0.2) is 11.4 Å². The fourth-order valence-corrected chi connectivity index (χ4v) is 3.95. The Morgan fingerprint density at radius 1 is 0.567 bits per heavy atom. The maximum absolute atomic E-state index is 2.60. The van der Waals surface area contributed by atoms with Crippen molar-refractivity contribution in [2.24, 2.45) is 0 Å². The van der Waals surface area contributed by atoms with Crippen LogP contribution in [-0.2, 0) is 13.1 Å². The first-order valence-electron chi connectivity index (χ1n) is 12.3. The van der Waals surface area contributed by atoms with Crippen LogP contribution in [0.5, 0.6) is 0 Å². The Labute approximate surface area is 186 Å². The van der Waals surface area contributed by atoms with Crippen LogP contribution in [0, 0.1) is 0 Å². The third kappa shape index (κ3) is 12.0. The lowest BCUT2D eigenvalue weighted by Crippen LogP contribution is -2.24. The van der Waals surface area contributed by atoms with Crippen LogP contribution in [0.25, 0.3) is 0 Å². The summed E-state index contributed by atoms with van der Waals surface area (Å²) in [5, 5.41) is 0. The van der Waals surface area contributed by atoms with Gasteiger partial charge in [-0.25, -0.2) is 0 Å². The largest absolute Gasteiger partial charge is 0.295 e. The molecule has 0 fully saturated rings. The van der Waals surface area contributed by atoms with E-state index in [0.29, 0.717) is 0 Å². The van der Waals surface area contributed by atoms with Gasteiger partial charge in [-0.2, -0.15) is 0 Å². The van der Waals surface area contributed by atoms with E-state index in [-0.39, 0.29) is 0 Å². The minimum atomic E-state index is 1.04. The monoisotopic (exact) mass is 405 g/mol. The predicted molar refractivity (Wildman–Crippen MR) is 133 cm³/mol. The second-order valence-electron chi connectivity index (χ2n) is 8.56. The zero-order valence-corrected chi connectivity index (χ0v) is 19.3. The summed E-state index contributed by atoms with van der Waals surface area (Å²) in [6, 6.07) is 21.8. The van der Waals surface area contributed by atoms with E-state index in [4.69, 9.17) is 0 Å². The van der Waals surface area contributed by atoms with Gasteiger partial charge in [0.2, 0.25) is 0 Å². The SMILES string of the molecule is CCCCCCC/C=C/CCCCCCN(Cc1ccccc1)Cc1ccccc1. The fourth-order valence-electron chi connectivity index (χ4n) is 3.95. The number of hydrogen-bond acceptors (Lipinski definition) is 1. The molecular weight excluding hydrogens is 362 g/mol. The molecule has 0 radical (unpaired) electrons. The van der Waals surface area contributed by atoms with Gasteiger partial charge in [0.15, 0.2) is 0 Å². The van der Waals surface area contributed by atoms with Crippen molar-refractivity contribution >= 4 is 0 Å². The second kappa shape index (κ2) is 16.9. The van der Waals surface area contributed by atoms with Gasteiger partial charge in [-0.05, 0) is 49.8 Å². The van der Waals surface area contributed by atoms with Crippen molar-refractivity contribution in [3.05, 3.63) is 83.9 Å². The van der Waals surface area contributed by atoms with Gasteiger partial charge in [-0.15, -0.1) is 0 Å². The number of benzene rings is 2. The zero-order valence-electron chi connectivity index (χ0n) is 19.3. The molecule has 1 heteroatoms.